The Kier molecular flexibility index (Phi) is 6.37. The lowest BCUT2D eigenvalue weighted by molar-refractivity contribution is -0.384. The number of hydrogen-bond donors (Lipinski definition) is 2. The summed E-state index contributed by atoms with van der Waals surface area (Å²) in [5.41, 5.74) is 0.640. The van der Waals surface area contributed by atoms with E-state index in [9.17, 15) is 14.9 Å². The molecule has 0 heterocycles. The number of benzene rings is 1. The van der Waals surface area contributed by atoms with E-state index in [-0.39, 0.29) is 12.3 Å². The van der Waals surface area contributed by atoms with Crippen LogP contribution in [0.2, 0.25) is 0 Å². The van der Waals surface area contributed by atoms with Gasteiger partial charge in [0.25, 0.3) is 5.69 Å². The number of amides is 1. The zero-order chi connectivity index (χ0) is 14.1. The van der Waals surface area contributed by atoms with E-state index in [2.05, 4.69) is 22.9 Å². The molecule has 0 radical (unpaired) electrons. The fraction of sp³-hybridized carbons (Fsp3) is 0.273. The highest BCUT2D eigenvalue weighted by atomic mass is 32.1. The summed E-state index contributed by atoms with van der Waals surface area (Å²) in [4.78, 5) is 24.6. The lowest BCUT2D eigenvalue weighted by Crippen LogP contribution is -2.15. The molecule has 102 valence electrons. The van der Waals surface area contributed by atoms with Gasteiger partial charge in [-0.2, -0.15) is 17.6 Å². The monoisotopic (exact) mass is 283 g/mol. The number of nitro benzene ring substituents is 1. The molecule has 0 aromatic heterocycles. The van der Waals surface area contributed by atoms with Gasteiger partial charge < -0.3 is 10.1 Å². The van der Waals surface area contributed by atoms with Gasteiger partial charge in [0.15, 0.2) is 0 Å². The number of carbonyl (C=O) groups is 1. The summed E-state index contributed by atoms with van der Waals surface area (Å²) in [5, 5.41) is 13.2. The molecule has 7 nitrogen and oxygen atoms in total. The number of rotatable bonds is 6. The Hall–Kier alpha value is -2.09. The van der Waals surface area contributed by atoms with Crippen LogP contribution in [-0.4, -0.2) is 29.7 Å². The number of nitrogens with zero attached hydrogens (tertiary/aromatic N) is 2. The highest BCUT2D eigenvalue weighted by Gasteiger charge is 2.05. The highest BCUT2D eigenvalue weighted by molar-refractivity contribution is 7.80. The van der Waals surface area contributed by atoms with Crippen molar-refractivity contribution < 1.29 is 14.5 Å². The molecule has 1 amide bonds. The van der Waals surface area contributed by atoms with E-state index in [1.54, 1.807) is 0 Å². The smallest absolute Gasteiger partial charge is 0.435 e. The fourth-order valence-electron chi connectivity index (χ4n) is 1.12. The molecule has 0 saturated carbocycles. The molecule has 0 aliphatic carbocycles. The van der Waals surface area contributed by atoms with Gasteiger partial charge in [-0.25, -0.2) is 4.79 Å². The molecular formula is C11H13N3O4S. The Bertz CT molecular complexity index is 462. The van der Waals surface area contributed by atoms with Crippen LogP contribution in [-0.2, 0) is 11.3 Å². The molecule has 1 N–H and O–H groups in total. The maximum absolute atomic E-state index is 11.2. The minimum Gasteiger partial charge on any atom is -0.443 e. The third-order valence-corrected chi connectivity index (χ3v) is 2.25. The van der Waals surface area contributed by atoms with Crippen LogP contribution >= 0.6 is 12.6 Å². The second kappa shape index (κ2) is 8.09. The predicted molar refractivity (Wildman–Crippen MR) is 73.6 cm³/mol. The van der Waals surface area contributed by atoms with Gasteiger partial charge in [-0.15, -0.1) is 0 Å². The van der Waals surface area contributed by atoms with Crippen LogP contribution in [0.25, 0.3) is 0 Å². The van der Waals surface area contributed by atoms with E-state index < -0.39 is 11.0 Å². The zero-order valence-electron chi connectivity index (χ0n) is 9.98. The van der Waals surface area contributed by atoms with E-state index in [1.807, 2.05) is 0 Å². The standard InChI is InChI=1S/C11H13N3O4S/c15-11(13-8-12-5-6-19)18-7-9-1-3-10(4-2-9)14(16)17/h1-4,8,19H,5-7H2,(H,12,13,15). The van der Waals surface area contributed by atoms with Crippen LogP contribution in [0.3, 0.4) is 0 Å². The van der Waals surface area contributed by atoms with Gasteiger partial charge in [0.05, 0.1) is 11.3 Å². The minimum atomic E-state index is -0.731. The summed E-state index contributed by atoms with van der Waals surface area (Å²) >= 11 is 3.97. The molecule has 0 aliphatic rings. The molecule has 0 saturated heterocycles. The number of carbonyl (C=O) groups excluding carboxylic acids is 1. The summed E-state index contributed by atoms with van der Waals surface area (Å²) in [5.74, 6) is 0.629. The van der Waals surface area contributed by atoms with Crippen molar-refractivity contribution in [2.45, 2.75) is 6.61 Å². The topological polar surface area (TPSA) is 93.8 Å². The summed E-state index contributed by atoms with van der Waals surface area (Å²) < 4.78 is 4.84. The van der Waals surface area contributed by atoms with Gasteiger partial charge in [0.1, 0.15) is 6.61 Å². The zero-order valence-corrected chi connectivity index (χ0v) is 10.9. The molecule has 1 aromatic carbocycles. The number of hydrogen-bond acceptors (Lipinski definition) is 5. The van der Waals surface area contributed by atoms with Gasteiger partial charge in [-0.3, -0.25) is 10.1 Å². The fourth-order valence-corrected chi connectivity index (χ4v) is 1.25. The van der Waals surface area contributed by atoms with Gasteiger partial charge in [0.2, 0.25) is 0 Å². The normalized spacial score (nSPS) is 10.4. The van der Waals surface area contributed by atoms with E-state index in [0.29, 0.717) is 17.9 Å². The van der Waals surface area contributed by atoms with Crippen LogP contribution in [0.4, 0.5) is 10.5 Å². The van der Waals surface area contributed by atoms with Crippen LogP contribution in [0, 0.1) is 10.1 Å². The number of ether oxygens (including phenoxy) is 1. The molecule has 19 heavy (non-hydrogen) atoms. The minimum absolute atomic E-state index is 0.0101. The van der Waals surface area contributed by atoms with Crippen LogP contribution < -0.4 is 5.32 Å². The Morgan fingerprint density at radius 1 is 1.47 bits per heavy atom. The van der Waals surface area contributed by atoms with E-state index in [0.717, 1.165) is 0 Å². The van der Waals surface area contributed by atoms with Gasteiger partial charge in [0, 0.05) is 24.4 Å². The molecule has 1 rings (SSSR count). The molecule has 0 bridgehead atoms. The average Bonchev–Trinajstić information content (AvgIpc) is 2.42. The Labute approximate surface area is 115 Å². The Morgan fingerprint density at radius 2 is 2.16 bits per heavy atom. The van der Waals surface area contributed by atoms with Gasteiger partial charge in [-0.1, -0.05) is 0 Å². The highest BCUT2D eigenvalue weighted by Crippen LogP contribution is 2.12. The molecule has 8 heteroatoms. The number of non-ortho nitro benzene ring substituents is 1. The van der Waals surface area contributed by atoms with E-state index in [1.165, 1.54) is 30.6 Å². The largest absolute Gasteiger partial charge is 0.443 e. The maximum atomic E-state index is 11.2. The first-order valence-corrected chi connectivity index (χ1v) is 6.03. The maximum Gasteiger partial charge on any atom is 0.435 e. The molecule has 0 spiro atoms. The molecule has 0 fully saturated rings. The summed E-state index contributed by atoms with van der Waals surface area (Å²) in [6, 6.07) is 5.74. The van der Waals surface area contributed by atoms with Crippen molar-refractivity contribution in [2.24, 2.45) is 4.99 Å². The van der Waals surface area contributed by atoms with Gasteiger partial charge in [-0.05, 0) is 17.7 Å². The summed E-state index contributed by atoms with van der Waals surface area (Å²) in [6.45, 7) is 0.614. The first-order valence-electron chi connectivity index (χ1n) is 5.40. The van der Waals surface area contributed by atoms with E-state index >= 15 is 0 Å². The Balaban J connectivity index is 2.37. The van der Waals surface area contributed by atoms with Crippen molar-refractivity contribution in [3.8, 4) is 0 Å². The summed E-state index contributed by atoms with van der Waals surface area (Å²) in [7, 11) is 0. The predicted octanol–water partition coefficient (Wildman–Crippen LogP) is 1.78. The lowest BCUT2D eigenvalue weighted by Gasteiger charge is -2.01. The van der Waals surface area contributed by atoms with Crippen LogP contribution in [0.5, 0.6) is 0 Å². The first kappa shape index (κ1) is 15.0. The molecular weight excluding hydrogens is 270 g/mol. The van der Waals surface area contributed by atoms with Crippen LogP contribution in [0.15, 0.2) is 29.3 Å². The summed E-state index contributed by atoms with van der Waals surface area (Å²) in [6.07, 6.45) is 0.513. The third kappa shape index (κ3) is 5.87. The number of aliphatic imine (C=N–C) groups is 1. The molecule has 0 aliphatic heterocycles. The van der Waals surface area contributed by atoms with E-state index in [4.69, 9.17) is 4.74 Å². The number of thiol groups is 1. The third-order valence-electron chi connectivity index (χ3n) is 2.03. The second-order valence-electron chi connectivity index (χ2n) is 3.41. The second-order valence-corrected chi connectivity index (χ2v) is 3.86. The lowest BCUT2D eigenvalue weighted by atomic mass is 10.2. The van der Waals surface area contributed by atoms with Crippen LogP contribution in [0.1, 0.15) is 5.56 Å². The number of nitrogens with one attached hydrogen (secondary N) is 1. The molecule has 0 unspecified atom stereocenters. The molecule has 0 atom stereocenters. The van der Waals surface area contributed by atoms with Crippen molar-refractivity contribution in [1.82, 2.24) is 5.32 Å². The quantitative estimate of drug-likeness (QED) is 0.207. The van der Waals surface area contributed by atoms with Gasteiger partial charge >= 0.3 is 6.09 Å². The van der Waals surface area contributed by atoms with Crippen molar-refractivity contribution in [2.75, 3.05) is 12.3 Å². The average molecular weight is 283 g/mol. The van der Waals surface area contributed by atoms with Crippen molar-refractivity contribution in [3.63, 3.8) is 0 Å². The Morgan fingerprint density at radius 3 is 2.74 bits per heavy atom. The first-order chi connectivity index (χ1) is 9.13. The van der Waals surface area contributed by atoms with Crippen molar-refractivity contribution in [1.29, 1.82) is 0 Å². The molecule has 1 aromatic rings. The number of nitro groups is 1. The van der Waals surface area contributed by atoms with Crippen molar-refractivity contribution >= 4 is 30.7 Å². The SMILES string of the molecule is O=C(N=CNCCS)OCc1ccc([N+](=O)[O-])cc1. The van der Waals surface area contributed by atoms with Crippen molar-refractivity contribution in [3.05, 3.63) is 39.9 Å².